The summed E-state index contributed by atoms with van der Waals surface area (Å²) in [5, 5.41) is 0. The van der Waals surface area contributed by atoms with E-state index < -0.39 is 0 Å². The summed E-state index contributed by atoms with van der Waals surface area (Å²) in [4.78, 5) is 4.23. The number of hydrogen-bond acceptors (Lipinski definition) is 2. The van der Waals surface area contributed by atoms with E-state index in [9.17, 15) is 0 Å². The molecule has 2 aromatic heterocycles. The van der Waals surface area contributed by atoms with Gasteiger partial charge in [-0.15, -0.1) is 0 Å². The number of nitrogens with zero attached hydrogens (tertiary/aromatic N) is 2. The minimum atomic E-state index is -0.0186. The van der Waals surface area contributed by atoms with Crippen LogP contribution in [0.3, 0.4) is 0 Å². The molecule has 0 aliphatic rings. The molecule has 0 fully saturated rings. The van der Waals surface area contributed by atoms with Crippen LogP contribution in [-0.4, -0.2) is 9.38 Å². The number of hydrogen-bond donors (Lipinski definition) is 1. The Hall–Kier alpha value is -1.35. The Morgan fingerprint density at radius 1 is 1.50 bits per heavy atom. The maximum absolute atomic E-state index is 5.74. The molecule has 0 bridgehead atoms. The molecule has 0 saturated heterocycles. The molecule has 2 rings (SSSR count). The van der Waals surface area contributed by atoms with Gasteiger partial charge >= 0.3 is 0 Å². The fraction of sp³-hybridized carbons (Fsp3) is 0.222. The number of aromatic nitrogens is 2. The molecule has 3 heteroatoms. The largest absolute Gasteiger partial charge is 0.322 e. The first-order chi connectivity index (χ1) is 5.79. The molecule has 2 N–H and O–H groups in total. The van der Waals surface area contributed by atoms with Crippen LogP contribution in [0.1, 0.15) is 18.8 Å². The van der Waals surface area contributed by atoms with E-state index in [0.717, 1.165) is 11.3 Å². The first-order valence-electron chi connectivity index (χ1n) is 3.96. The molecular formula is C9H11N3. The minimum Gasteiger partial charge on any atom is -0.322 e. The highest BCUT2D eigenvalue weighted by Gasteiger charge is 2.05. The lowest BCUT2D eigenvalue weighted by Crippen LogP contribution is -2.09. The third-order valence-corrected chi connectivity index (χ3v) is 1.87. The van der Waals surface area contributed by atoms with Gasteiger partial charge in [0.2, 0.25) is 0 Å². The van der Waals surface area contributed by atoms with Gasteiger partial charge in [0.15, 0.2) is 0 Å². The smallest absolute Gasteiger partial charge is 0.129 e. The number of nitrogens with two attached hydrogens (primary N) is 1. The van der Waals surface area contributed by atoms with Crippen molar-refractivity contribution in [1.29, 1.82) is 0 Å². The van der Waals surface area contributed by atoms with Crippen LogP contribution in [0, 0.1) is 0 Å². The van der Waals surface area contributed by atoms with Crippen molar-refractivity contribution in [2.45, 2.75) is 13.0 Å². The maximum Gasteiger partial charge on any atom is 0.129 e. The van der Waals surface area contributed by atoms with E-state index in [-0.39, 0.29) is 6.04 Å². The van der Waals surface area contributed by atoms with E-state index in [1.807, 2.05) is 41.9 Å². The maximum atomic E-state index is 5.74. The van der Waals surface area contributed by atoms with Crippen LogP contribution in [0.5, 0.6) is 0 Å². The molecule has 0 aromatic carbocycles. The van der Waals surface area contributed by atoms with Crippen LogP contribution in [-0.2, 0) is 0 Å². The summed E-state index contributed by atoms with van der Waals surface area (Å²) in [7, 11) is 0. The van der Waals surface area contributed by atoms with Crippen molar-refractivity contribution >= 4 is 5.52 Å². The first-order valence-corrected chi connectivity index (χ1v) is 3.96. The van der Waals surface area contributed by atoms with Crippen LogP contribution >= 0.6 is 0 Å². The fourth-order valence-electron chi connectivity index (χ4n) is 1.30. The predicted molar refractivity (Wildman–Crippen MR) is 47.8 cm³/mol. The highest BCUT2D eigenvalue weighted by molar-refractivity contribution is 5.45. The third kappa shape index (κ3) is 0.987. The van der Waals surface area contributed by atoms with Crippen LogP contribution in [0.15, 0.2) is 30.6 Å². The summed E-state index contributed by atoms with van der Waals surface area (Å²) in [6.45, 7) is 1.93. The Labute approximate surface area is 70.8 Å². The van der Waals surface area contributed by atoms with E-state index in [0.29, 0.717) is 0 Å². The normalized spacial score (nSPS) is 13.5. The Balaban J connectivity index is 2.70. The Kier molecular flexibility index (Phi) is 1.59. The predicted octanol–water partition coefficient (Wildman–Crippen LogP) is 1.35. The molecule has 0 aliphatic carbocycles. The van der Waals surface area contributed by atoms with E-state index in [1.165, 1.54) is 0 Å². The van der Waals surface area contributed by atoms with Gasteiger partial charge in [-0.1, -0.05) is 6.07 Å². The molecule has 12 heavy (non-hydrogen) atoms. The van der Waals surface area contributed by atoms with Crippen LogP contribution < -0.4 is 5.73 Å². The Morgan fingerprint density at radius 3 is 3.08 bits per heavy atom. The minimum absolute atomic E-state index is 0.0186. The molecule has 2 aromatic rings. The second kappa shape index (κ2) is 2.60. The zero-order valence-corrected chi connectivity index (χ0v) is 6.94. The van der Waals surface area contributed by atoms with Gasteiger partial charge in [0, 0.05) is 6.20 Å². The average Bonchev–Trinajstić information content (AvgIpc) is 2.47. The summed E-state index contributed by atoms with van der Waals surface area (Å²) in [6, 6.07) is 5.96. The molecule has 0 saturated carbocycles. The zero-order chi connectivity index (χ0) is 8.55. The van der Waals surface area contributed by atoms with Crippen LogP contribution in [0.4, 0.5) is 0 Å². The molecular weight excluding hydrogens is 150 g/mol. The van der Waals surface area contributed by atoms with Crippen molar-refractivity contribution in [3.05, 3.63) is 36.4 Å². The van der Waals surface area contributed by atoms with Crippen molar-refractivity contribution < 1.29 is 0 Å². The number of pyridine rings is 1. The molecule has 1 unspecified atom stereocenters. The average molecular weight is 161 g/mol. The second-order valence-corrected chi connectivity index (χ2v) is 2.90. The summed E-state index contributed by atoms with van der Waals surface area (Å²) >= 11 is 0. The summed E-state index contributed by atoms with van der Waals surface area (Å²) < 4.78 is 2.00. The molecule has 2 heterocycles. The molecule has 0 spiro atoms. The fourth-order valence-corrected chi connectivity index (χ4v) is 1.30. The van der Waals surface area contributed by atoms with Gasteiger partial charge in [-0.05, 0) is 19.1 Å². The first kappa shape index (κ1) is 7.31. The summed E-state index contributed by atoms with van der Waals surface area (Å²) in [5.41, 5.74) is 6.83. The summed E-state index contributed by atoms with van der Waals surface area (Å²) in [5.74, 6) is 0.908. The lowest BCUT2D eigenvalue weighted by Gasteiger charge is -2.02. The molecule has 0 aliphatic heterocycles. The molecule has 0 amide bonds. The van der Waals surface area contributed by atoms with Crippen molar-refractivity contribution in [3.63, 3.8) is 0 Å². The SMILES string of the molecule is CC(N)c1ncc2ccccn12. The number of fused-ring (bicyclic) bond motifs is 1. The van der Waals surface area contributed by atoms with E-state index in [2.05, 4.69) is 4.98 Å². The summed E-state index contributed by atoms with van der Waals surface area (Å²) in [6.07, 6.45) is 3.81. The monoisotopic (exact) mass is 161 g/mol. The molecule has 0 radical (unpaired) electrons. The number of imidazole rings is 1. The third-order valence-electron chi connectivity index (χ3n) is 1.87. The van der Waals surface area contributed by atoms with Gasteiger partial charge in [-0.2, -0.15) is 0 Å². The van der Waals surface area contributed by atoms with Crippen LogP contribution in [0.25, 0.3) is 5.52 Å². The van der Waals surface area contributed by atoms with Crippen molar-refractivity contribution in [1.82, 2.24) is 9.38 Å². The van der Waals surface area contributed by atoms with Crippen molar-refractivity contribution in [2.24, 2.45) is 5.73 Å². The van der Waals surface area contributed by atoms with Gasteiger partial charge in [0.05, 0.1) is 17.8 Å². The van der Waals surface area contributed by atoms with Crippen LogP contribution in [0.2, 0.25) is 0 Å². The number of rotatable bonds is 1. The second-order valence-electron chi connectivity index (χ2n) is 2.90. The lowest BCUT2D eigenvalue weighted by atomic mass is 10.3. The Morgan fingerprint density at radius 2 is 2.33 bits per heavy atom. The van der Waals surface area contributed by atoms with E-state index >= 15 is 0 Å². The molecule has 1 atom stereocenters. The van der Waals surface area contributed by atoms with E-state index in [1.54, 1.807) is 0 Å². The molecule has 3 nitrogen and oxygen atoms in total. The van der Waals surface area contributed by atoms with Gasteiger partial charge in [-0.3, -0.25) is 0 Å². The zero-order valence-electron chi connectivity index (χ0n) is 6.94. The van der Waals surface area contributed by atoms with Gasteiger partial charge in [0.25, 0.3) is 0 Å². The van der Waals surface area contributed by atoms with E-state index in [4.69, 9.17) is 5.73 Å². The highest BCUT2D eigenvalue weighted by atomic mass is 15.0. The quantitative estimate of drug-likeness (QED) is 0.686. The van der Waals surface area contributed by atoms with Crippen molar-refractivity contribution in [2.75, 3.05) is 0 Å². The standard InChI is InChI=1S/C9H11N3/c1-7(10)9-11-6-8-4-2-3-5-12(8)9/h2-7H,10H2,1H3. The highest BCUT2D eigenvalue weighted by Crippen LogP contribution is 2.10. The van der Waals surface area contributed by atoms with Gasteiger partial charge in [-0.25, -0.2) is 4.98 Å². The van der Waals surface area contributed by atoms with Crippen molar-refractivity contribution in [3.8, 4) is 0 Å². The Bertz CT molecular complexity index is 389. The van der Waals surface area contributed by atoms with Gasteiger partial charge in [0.1, 0.15) is 5.82 Å². The topological polar surface area (TPSA) is 43.3 Å². The van der Waals surface area contributed by atoms with Gasteiger partial charge < -0.3 is 10.1 Å². The lowest BCUT2D eigenvalue weighted by molar-refractivity contribution is 0.736. The molecule has 62 valence electrons.